The van der Waals surface area contributed by atoms with E-state index in [-0.39, 0.29) is 6.61 Å². The van der Waals surface area contributed by atoms with Crippen molar-refractivity contribution in [2.45, 2.75) is 32.0 Å². The van der Waals surface area contributed by atoms with Crippen LogP contribution in [0.5, 0.6) is 0 Å². The van der Waals surface area contributed by atoms with Crippen molar-refractivity contribution in [3.63, 3.8) is 0 Å². The third-order valence-corrected chi connectivity index (χ3v) is 6.58. The molecule has 4 rings (SSSR count). The molecule has 0 radical (unpaired) electrons. The predicted molar refractivity (Wildman–Crippen MR) is 127 cm³/mol. The molecule has 0 saturated carbocycles. The summed E-state index contributed by atoms with van der Waals surface area (Å²) in [6.45, 7) is 3.69. The van der Waals surface area contributed by atoms with Crippen LogP contribution in [-0.2, 0) is 20.8 Å². The van der Waals surface area contributed by atoms with Crippen molar-refractivity contribution >= 4 is 42.4 Å². The minimum Gasteiger partial charge on any atom is -0.391 e. The van der Waals surface area contributed by atoms with E-state index in [4.69, 9.17) is 4.18 Å². The first-order valence-corrected chi connectivity index (χ1v) is 12.1. The van der Waals surface area contributed by atoms with Gasteiger partial charge in [0.15, 0.2) is 0 Å². The fourth-order valence-corrected chi connectivity index (χ4v) is 4.39. The largest absolute Gasteiger partial charge is 0.391 e. The highest BCUT2D eigenvalue weighted by Crippen LogP contribution is 2.33. The molecule has 5 nitrogen and oxygen atoms in total. The van der Waals surface area contributed by atoms with Crippen molar-refractivity contribution < 1.29 is 17.7 Å². The van der Waals surface area contributed by atoms with Crippen molar-refractivity contribution in [1.82, 2.24) is 5.32 Å². The van der Waals surface area contributed by atoms with Gasteiger partial charge in [0.05, 0.1) is 24.5 Å². The normalized spacial score (nSPS) is 15.4. The lowest BCUT2D eigenvalue weighted by Crippen LogP contribution is -2.54. The molecule has 2 N–H and O–H groups in total. The van der Waals surface area contributed by atoms with Gasteiger partial charge in [-0.15, -0.1) is 0 Å². The monoisotopic (exact) mass is 437 g/mol. The average Bonchev–Trinajstić information content (AvgIpc) is 2.75. The summed E-state index contributed by atoms with van der Waals surface area (Å²) in [6, 6.07) is 23.1. The van der Waals surface area contributed by atoms with Crippen molar-refractivity contribution in [2.75, 3.05) is 12.9 Å². The first-order chi connectivity index (χ1) is 14.7. The van der Waals surface area contributed by atoms with Crippen LogP contribution in [0.3, 0.4) is 0 Å². The first kappa shape index (κ1) is 21.7. The summed E-state index contributed by atoms with van der Waals surface area (Å²) >= 11 is 0. The van der Waals surface area contributed by atoms with Gasteiger partial charge >= 0.3 is 0 Å². The van der Waals surface area contributed by atoms with Crippen LogP contribution in [0.2, 0.25) is 0 Å². The van der Waals surface area contributed by atoms with Crippen LogP contribution in [0, 0.1) is 0 Å². The van der Waals surface area contributed by atoms with E-state index in [1.165, 1.54) is 21.5 Å². The smallest absolute Gasteiger partial charge is 0.264 e. The molecule has 6 heteroatoms. The Morgan fingerprint density at radius 1 is 0.935 bits per heavy atom. The Morgan fingerprint density at radius 2 is 1.55 bits per heavy atom. The Hall–Kier alpha value is -2.51. The van der Waals surface area contributed by atoms with Crippen LogP contribution < -0.4 is 5.32 Å². The summed E-state index contributed by atoms with van der Waals surface area (Å²) in [5.41, 5.74) is 0.142. The van der Waals surface area contributed by atoms with Gasteiger partial charge in [-0.2, -0.15) is 8.42 Å². The van der Waals surface area contributed by atoms with Crippen molar-refractivity contribution in [1.29, 1.82) is 0 Å². The SMILES string of the molecule is C[C@H](O)[C@@](C)(COS(C)(=O)=O)NCc1cc2c3ccccc3ccc2c2ccccc12. The molecule has 0 aliphatic heterocycles. The van der Waals surface area contributed by atoms with Gasteiger partial charge in [0.1, 0.15) is 0 Å². The maximum absolute atomic E-state index is 11.5. The van der Waals surface area contributed by atoms with Gasteiger partial charge in [0.25, 0.3) is 10.1 Å². The van der Waals surface area contributed by atoms with Gasteiger partial charge in [-0.1, -0.05) is 60.7 Å². The maximum Gasteiger partial charge on any atom is 0.264 e. The Labute approximate surface area is 182 Å². The molecule has 31 heavy (non-hydrogen) atoms. The number of fused-ring (bicyclic) bond motifs is 5. The quantitative estimate of drug-likeness (QED) is 0.332. The molecule has 0 bridgehead atoms. The number of hydrogen-bond donors (Lipinski definition) is 2. The summed E-state index contributed by atoms with van der Waals surface area (Å²) < 4.78 is 28.0. The molecule has 4 aromatic rings. The number of nitrogens with one attached hydrogen (secondary N) is 1. The topological polar surface area (TPSA) is 75.6 Å². The number of hydrogen-bond acceptors (Lipinski definition) is 5. The van der Waals surface area contributed by atoms with Crippen LogP contribution in [-0.4, -0.2) is 38.0 Å². The van der Waals surface area contributed by atoms with Crippen LogP contribution in [0.15, 0.2) is 66.7 Å². The van der Waals surface area contributed by atoms with Crippen molar-refractivity contribution in [3.05, 3.63) is 72.3 Å². The second-order valence-electron chi connectivity index (χ2n) is 8.38. The molecule has 0 saturated heterocycles. The third kappa shape index (κ3) is 4.43. The molecule has 0 fully saturated rings. The van der Waals surface area contributed by atoms with Crippen molar-refractivity contribution in [2.24, 2.45) is 0 Å². The van der Waals surface area contributed by atoms with E-state index in [1.807, 2.05) is 24.3 Å². The minimum atomic E-state index is -3.61. The summed E-state index contributed by atoms with van der Waals surface area (Å²) in [6.07, 6.45) is 0.194. The summed E-state index contributed by atoms with van der Waals surface area (Å²) in [5, 5.41) is 20.7. The van der Waals surface area contributed by atoms with Gasteiger partial charge in [-0.3, -0.25) is 4.18 Å². The molecule has 0 spiro atoms. The zero-order chi connectivity index (χ0) is 22.2. The molecule has 0 aliphatic rings. The third-order valence-electron chi connectivity index (χ3n) is 6.03. The van der Waals surface area contributed by atoms with E-state index in [1.54, 1.807) is 13.8 Å². The van der Waals surface area contributed by atoms with E-state index in [9.17, 15) is 13.5 Å². The summed E-state index contributed by atoms with van der Waals surface area (Å²) in [7, 11) is -3.61. The molecule has 0 aromatic heterocycles. The zero-order valence-electron chi connectivity index (χ0n) is 17.9. The minimum absolute atomic E-state index is 0.155. The number of rotatable bonds is 7. The summed E-state index contributed by atoms with van der Waals surface area (Å²) in [4.78, 5) is 0. The van der Waals surface area contributed by atoms with Gasteiger partial charge in [-0.25, -0.2) is 0 Å². The van der Waals surface area contributed by atoms with E-state index in [2.05, 4.69) is 47.8 Å². The average molecular weight is 438 g/mol. The Kier molecular flexibility index (Phi) is 5.75. The van der Waals surface area contributed by atoms with Crippen LogP contribution in [0.4, 0.5) is 0 Å². The second-order valence-corrected chi connectivity index (χ2v) is 10.0. The van der Waals surface area contributed by atoms with E-state index < -0.39 is 21.8 Å². The van der Waals surface area contributed by atoms with Gasteiger partial charge in [0, 0.05) is 6.54 Å². The van der Waals surface area contributed by atoms with E-state index in [0.29, 0.717) is 6.54 Å². The lowest BCUT2D eigenvalue weighted by atomic mass is 9.92. The Bertz CT molecular complexity index is 1360. The molecule has 2 atom stereocenters. The van der Waals surface area contributed by atoms with Crippen LogP contribution >= 0.6 is 0 Å². The highest BCUT2D eigenvalue weighted by Gasteiger charge is 2.31. The lowest BCUT2D eigenvalue weighted by Gasteiger charge is -2.33. The van der Waals surface area contributed by atoms with Gasteiger partial charge in [-0.05, 0) is 57.8 Å². The lowest BCUT2D eigenvalue weighted by molar-refractivity contribution is 0.0504. The highest BCUT2D eigenvalue weighted by molar-refractivity contribution is 7.85. The maximum atomic E-state index is 11.5. The molecular weight excluding hydrogens is 410 g/mol. The predicted octanol–water partition coefficient (Wildman–Crippen LogP) is 4.35. The van der Waals surface area contributed by atoms with E-state index >= 15 is 0 Å². The van der Waals surface area contributed by atoms with Crippen LogP contribution in [0.1, 0.15) is 19.4 Å². The fourth-order valence-electron chi connectivity index (χ4n) is 3.93. The Balaban J connectivity index is 1.79. The number of aliphatic hydroxyl groups excluding tert-OH is 1. The molecule has 0 amide bonds. The van der Waals surface area contributed by atoms with Gasteiger partial charge < -0.3 is 10.4 Å². The first-order valence-electron chi connectivity index (χ1n) is 10.3. The molecule has 0 aliphatic carbocycles. The Morgan fingerprint density at radius 3 is 2.23 bits per heavy atom. The molecule has 0 unspecified atom stereocenters. The number of aliphatic hydroxyl groups is 1. The molecule has 162 valence electrons. The molecular formula is C25H27NO4S. The molecule has 4 aromatic carbocycles. The van der Waals surface area contributed by atoms with E-state index in [0.717, 1.165) is 22.6 Å². The highest BCUT2D eigenvalue weighted by atomic mass is 32.2. The number of benzene rings is 4. The summed E-state index contributed by atoms with van der Waals surface area (Å²) in [5.74, 6) is 0. The van der Waals surface area contributed by atoms with Crippen molar-refractivity contribution in [3.8, 4) is 0 Å². The molecule has 0 heterocycles. The van der Waals surface area contributed by atoms with Gasteiger partial charge in [0.2, 0.25) is 0 Å². The van der Waals surface area contributed by atoms with Crippen LogP contribution in [0.25, 0.3) is 32.3 Å². The zero-order valence-corrected chi connectivity index (χ0v) is 18.7. The fraction of sp³-hybridized carbons (Fsp3) is 0.280. The second kappa shape index (κ2) is 8.20. The standard InChI is InChI=1S/C25H27NO4S/c1-17(27)25(2,16-30-31(3,28)29)26-15-19-14-24-20-9-5-4-8-18(20)12-13-23(24)22-11-7-6-10-21(19)22/h4-14,17,26-27H,15-16H2,1-3H3/t17-,25+/m0/s1.